The molecular formula is C13H17N5O. The average Bonchev–Trinajstić information content (AvgIpc) is 2.98. The summed E-state index contributed by atoms with van der Waals surface area (Å²) in [5.74, 6) is 0.594. The minimum absolute atomic E-state index is 0.166. The van der Waals surface area contributed by atoms with Crippen LogP contribution in [-0.2, 0) is 12.6 Å². The number of aromatic amines is 1. The van der Waals surface area contributed by atoms with E-state index < -0.39 is 5.54 Å². The monoisotopic (exact) mass is 259 g/mol. The van der Waals surface area contributed by atoms with Crippen LogP contribution in [0.1, 0.15) is 31.5 Å². The Hall–Kier alpha value is -1.95. The molecule has 2 heterocycles. The fourth-order valence-electron chi connectivity index (χ4n) is 2.64. The van der Waals surface area contributed by atoms with E-state index >= 15 is 0 Å². The van der Waals surface area contributed by atoms with Gasteiger partial charge in [-0.3, -0.25) is 9.48 Å². The van der Waals surface area contributed by atoms with E-state index in [0.717, 1.165) is 31.2 Å². The molecule has 2 aromatic heterocycles. The van der Waals surface area contributed by atoms with Gasteiger partial charge in [-0.15, -0.1) is 0 Å². The maximum Gasteiger partial charge on any atom is 0.251 e. The molecule has 1 saturated carbocycles. The highest BCUT2D eigenvalue weighted by Gasteiger charge is 2.34. The van der Waals surface area contributed by atoms with Gasteiger partial charge in [0.15, 0.2) is 0 Å². The van der Waals surface area contributed by atoms with Crippen molar-refractivity contribution in [1.29, 1.82) is 0 Å². The van der Waals surface area contributed by atoms with Crippen molar-refractivity contribution in [3.05, 3.63) is 34.6 Å². The van der Waals surface area contributed by atoms with Crippen LogP contribution in [0.15, 0.2) is 23.3 Å². The van der Waals surface area contributed by atoms with Crippen molar-refractivity contribution in [2.75, 3.05) is 0 Å². The van der Waals surface area contributed by atoms with Crippen LogP contribution in [0.2, 0.25) is 0 Å². The number of aromatic nitrogens is 4. The molecule has 3 N–H and O–H groups in total. The molecule has 3 rings (SSSR count). The maximum absolute atomic E-state index is 11.8. The molecule has 2 aromatic rings. The smallest absolute Gasteiger partial charge is 0.251 e. The molecule has 6 nitrogen and oxygen atoms in total. The summed E-state index contributed by atoms with van der Waals surface area (Å²) in [6.45, 7) is 0. The van der Waals surface area contributed by atoms with Gasteiger partial charge in [-0.05, 0) is 12.8 Å². The number of nitrogens with zero attached hydrogens (tertiary/aromatic N) is 3. The van der Waals surface area contributed by atoms with Crippen molar-refractivity contribution in [2.45, 2.75) is 31.2 Å². The molecule has 0 atom stereocenters. The lowest BCUT2D eigenvalue weighted by atomic mass is 9.98. The van der Waals surface area contributed by atoms with Crippen LogP contribution in [0.4, 0.5) is 0 Å². The molecule has 1 fully saturated rings. The summed E-state index contributed by atoms with van der Waals surface area (Å²) in [6, 6.07) is 1.48. The van der Waals surface area contributed by atoms with E-state index in [1.54, 1.807) is 10.9 Å². The fraction of sp³-hybridized carbons (Fsp3) is 0.462. The van der Waals surface area contributed by atoms with E-state index in [1.165, 1.54) is 6.07 Å². The second-order valence-electron chi connectivity index (χ2n) is 5.25. The van der Waals surface area contributed by atoms with Crippen molar-refractivity contribution in [3.8, 4) is 11.3 Å². The Balaban J connectivity index is 2.08. The highest BCUT2D eigenvalue weighted by atomic mass is 16.1. The first-order chi connectivity index (χ1) is 9.07. The minimum atomic E-state index is -0.489. The highest BCUT2D eigenvalue weighted by Crippen LogP contribution is 2.34. The molecule has 1 aliphatic carbocycles. The van der Waals surface area contributed by atoms with Gasteiger partial charge < -0.3 is 10.7 Å². The fourth-order valence-corrected chi connectivity index (χ4v) is 2.64. The van der Waals surface area contributed by atoms with Crippen molar-refractivity contribution < 1.29 is 0 Å². The van der Waals surface area contributed by atoms with E-state index in [0.29, 0.717) is 11.5 Å². The second kappa shape index (κ2) is 4.31. The largest absolute Gasteiger partial charge is 0.319 e. The zero-order valence-electron chi connectivity index (χ0n) is 10.9. The number of rotatable bonds is 2. The number of H-pyrrole nitrogens is 1. The predicted molar refractivity (Wildman–Crippen MR) is 71.4 cm³/mol. The van der Waals surface area contributed by atoms with Crippen LogP contribution in [0.3, 0.4) is 0 Å². The van der Waals surface area contributed by atoms with E-state index in [-0.39, 0.29) is 5.56 Å². The first-order valence-electron chi connectivity index (χ1n) is 6.47. The molecule has 0 aromatic carbocycles. The third kappa shape index (κ3) is 2.19. The molecule has 0 unspecified atom stereocenters. The van der Waals surface area contributed by atoms with Crippen molar-refractivity contribution in [1.82, 2.24) is 19.7 Å². The van der Waals surface area contributed by atoms with Crippen molar-refractivity contribution >= 4 is 0 Å². The van der Waals surface area contributed by atoms with Crippen LogP contribution < -0.4 is 11.3 Å². The number of aryl methyl sites for hydroxylation is 1. The first-order valence-corrected chi connectivity index (χ1v) is 6.47. The molecule has 100 valence electrons. The van der Waals surface area contributed by atoms with Crippen LogP contribution in [-0.4, -0.2) is 19.7 Å². The zero-order valence-corrected chi connectivity index (χ0v) is 10.9. The van der Waals surface area contributed by atoms with Gasteiger partial charge in [-0.25, -0.2) is 4.98 Å². The van der Waals surface area contributed by atoms with Gasteiger partial charge in [0.25, 0.3) is 5.56 Å². The van der Waals surface area contributed by atoms with Gasteiger partial charge in [-0.1, -0.05) is 12.8 Å². The quantitative estimate of drug-likeness (QED) is 0.838. The van der Waals surface area contributed by atoms with Gasteiger partial charge in [0.1, 0.15) is 5.82 Å². The number of nitrogens with one attached hydrogen (secondary N) is 1. The normalized spacial score (nSPS) is 17.8. The molecule has 0 saturated heterocycles. The standard InChI is InChI=1S/C13H17N5O/c1-18-8-9(7-15-18)10-6-11(19)17-12(16-10)13(14)4-2-3-5-13/h6-8H,2-5,14H2,1H3,(H,16,17,19). The lowest BCUT2D eigenvalue weighted by Crippen LogP contribution is -2.37. The Morgan fingerprint density at radius 2 is 2.16 bits per heavy atom. The SMILES string of the molecule is Cn1cc(-c2cc(=O)[nH]c(C3(N)CCCC3)n2)cn1. The molecule has 0 bridgehead atoms. The zero-order chi connectivity index (χ0) is 13.5. The molecule has 1 aliphatic rings. The molecule has 19 heavy (non-hydrogen) atoms. The summed E-state index contributed by atoms with van der Waals surface area (Å²) in [7, 11) is 1.83. The summed E-state index contributed by atoms with van der Waals surface area (Å²) >= 11 is 0. The summed E-state index contributed by atoms with van der Waals surface area (Å²) < 4.78 is 1.69. The van der Waals surface area contributed by atoms with Crippen molar-refractivity contribution in [2.24, 2.45) is 12.8 Å². The van der Waals surface area contributed by atoms with Crippen LogP contribution in [0.25, 0.3) is 11.3 Å². The number of nitrogens with two attached hydrogens (primary N) is 1. The third-order valence-electron chi connectivity index (χ3n) is 3.71. The molecule has 0 amide bonds. The Morgan fingerprint density at radius 1 is 1.42 bits per heavy atom. The summed E-state index contributed by atoms with van der Waals surface area (Å²) in [4.78, 5) is 19.1. The predicted octanol–water partition coefficient (Wildman–Crippen LogP) is 0.898. The Kier molecular flexibility index (Phi) is 2.74. The van der Waals surface area contributed by atoms with Crippen LogP contribution in [0.5, 0.6) is 0 Å². The number of hydrogen-bond acceptors (Lipinski definition) is 4. The summed E-state index contributed by atoms with van der Waals surface area (Å²) in [5.41, 5.74) is 7.15. The van der Waals surface area contributed by atoms with E-state index in [9.17, 15) is 4.79 Å². The van der Waals surface area contributed by atoms with Crippen LogP contribution in [0, 0.1) is 0 Å². The van der Waals surface area contributed by atoms with Crippen LogP contribution >= 0.6 is 0 Å². The van der Waals surface area contributed by atoms with Gasteiger partial charge in [0.05, 0.1) is 17.4 Å². The number of hydrogen-bond donors (Lipinski definition) is 2. The molecular weight excluding hydrogens is 242 g/mol. The molecule has 0 radical (unpaired) electrons. The van der Waals surface area contributed by atoms with Gasteiger partial charge in [0.2, 0.25) is 0 Å². The van der Waals surface area contributed by atoms with Gasteiger partial charge in [0, 0.05) is 24.9 Å². The minimum Gasteiger partial charge on any atom is -0.319 e. The van der Waals surface area contributed by atoms with E-state index in [1.807, 2.05) is 13.2 Å². The Labute approximate surface area is 110 Å². The van der Waals surface area contributed by atoms with E-state index in [4.69, 9.17) is 5.73 Å². The highest BCUT2D eigenvalue weighted by molar-refractivity contribution is 5.56. The molecule has 0 aliphatic heterocycles. The molecule has 0 spiro atoms. The molecule has 6 heteroatoms. The Morgan fingerprint density at radius 3 is 2.79 bits per heavy atom. The Bertz CT molecular complexity index is 651. The van der Waals surface area contributed by atoms with Crippen molar-refractivity contribution in [3.63, 3.8) is 0 Å². The summed E-state index contributed by atoms with van der Waals surface area (Å²) in [5, 5.41) is 4.10. The topological polar surface area (TPSA) is 89.6 Å². The van der Waals surface area contributed by atoms with E-state index in [2.05, 4.69) is 15.1 Å². The second-order valence-corrected chi connectivity index (χ2v) is 5.25. The third-order valence-corrected chi connectivity index (χ3v) is 3.71. The van der Waals surface area contributed by atoms with Gasteiger partial charge >= 0.3 is 0 Å². The summed E-state index contributed by atoms with van der Waals surface area (Å²) in [6.07, 6.45) is 7.43. The maximum atomic E-state index is 11.8. The lowest BCUT2D eigenvalue weighted by molar-refractivity contribution is 0.430. The lowest BCUT2D eigenvalue weighted by Gasteiger charge is -2.22. The average molecular weight is 259 g/mol. The first kappa shape index (κ1) is 12.1. The van der Waals surface area contributed by atoms with Gasteiger partial charge in [-0.2, -0.15) is 5.10 Å².